The molecule has 9 heteroatoms. The molecule has 3 atom stereocenters. The summed E-state index contributed by atoms with van der Waals surface area (Å²) in [6.45, 7) is 0.0824. The molecule has 0 bridgehead atoms. The van der Waals surface area contributed by atoms with Gasteiger partial charge in [-0.1, -0.05) is 0 Å². The van der Waals surface area contributed by atoms with Gasteiger partial charge < -0.3 is 20.7 Å². The first-order chi connectivity index (χ1) is 9.56. The predicted octanol–water partition coefficient (Wildman–Crippen LogP) is -1.77. The summed E-state index contributed by atoms with van der Waals surface area (Å²) in [6.07, 6.45) is -0.691. The SMILES string of the molecule is NCCSc1cn([C@H]2C[C@H](O)[C@@H](CO)O2)c(=O)[nH]c1=O. The van der Waals surface area contributed by atoms with Crippen molar-refractivity contribution in [1.82, 2.24) is 9.55 Å². The fraction of sp³-hybridized carbons (Fsp3) is 0.636. The second-order valence-corrected chi connectivity index (χ2v) is 5.55. The number of nitrogens with one attached hydrogen (secondary N) is 1. The van der Waals surface area contributed by atoms with Crippen LogP contribution >= 0.6 is 11.8 Å². The van der Waals surface area contributed by atoms with E-state index in [9.17, 15) is 14.7 Å². The minimum atomic E-state index is -0.844. The summed E-state index contributed by atoms with van der Waals surface area (Å²) in [4.78, 5) is 26.0. The van der Waals surface area contributed by atoms with Crippen molar-refractivity contribution in [2.24, 2.45) is 5.73 Å². The summed E-state index contributed by atoms with van der Waals surface area (Å²) in [5.74, 6) is 0.550. The highest BCUT2D eigenvalue weighted by atomic mass is 32.2. The minimum absolute atomic E-state index is 0.179. The number of aliphatic hydroxyl groups excluding tert-OH is 2. The zero-order chi connectivity index (χ0) is 14.7. The van der Waals surface area contributed by atoms with Crippen LogP contribution < -0.4 is 17.0 Å². The van der Waals surface area contributed by atoms with Crippen LogP contribution in [0.15, 0.2) is 20.7 Å². The van der Waals surface area contributed by atoms with Crippen LogP contribution in [0.4, 0.5) is 0 Å². The van der Waals surface area contributed by atoms with Gasteiger partial charge in [0.2, 0.25) is 0 Å². The molecule has 1 fully saturated rings. The van der Waals surface area contributed by atoms with Crippen LogP contribution in [0.25, 0.3) is 0 Å². The van der Waals surface area contributed by atoms with Gasteiger partial charge in [0.15, 0.2) is 0 Å². The molecule has 0 amide bonds. The molecule has 2 heterocycles. The van der Waals surface area contributed by atoms with E-state index in [1.54, 1.807) is 0 Å². The summed E-state index contributed by atoms with van der Waals surface area (Å²) in [5, 5.41) is 18.7. The Labute approximate surface area is 118 Å². The van der Waals surface area contributed by atoms with Crippen LogP contribution in [0.5, 0.6) is 0 Å². The lowest BCUT2D eigenvalue weighted by Gasteiger charge is -2.15. The maximum atomic E-state index is 11.8. The number of aromatic amines is 1. The maximum Gasteiger partial charge on any atom is 0.330 e. The average molecular weight is 303 g/mol. The van der Waals surface area contributed by atoms with Gasteiger partial charge in [-0.2, -0.15) is 0 Å². The van der Waals surface area contributed by atoms with Gasteiger partial charge in [0.1, 0.15) is 12.3 Å². The lowest BCUT2D eigenvalue weighted by Crippen LogP contribution is -2.33. The van der Waals surface area contributed by atoms with Gasteiger partial charge in [-0.25, -0.2) is 4.79 Å². The number of rotatable bonds is 5. The Bertz CT molecular complexity index is 572. The number of ether oxygens (including phenoxy) is 1. The second-order valence-electron chi connectivity index (χ2n) is 4.41. The van der Waals surface area contributed by atoms with E-state index in [-0.39, 0.29) is 13.0 Å². The lowest BCUT2D eigenvalue weighted by molar-refractivity contribution is -0.0461. The Balaban J connectivity index is 2.28. The van der Waals surface area contributed by atoms with Crippen LogP contribution in [0.3, 0.4) is 0 Å². The molecule has 8 nitrogen and oxygen atoms in total. The van der Waals surface area contributed by atoms with Gasteiger partial charge in [-0.05, 0) is 0 Å². The molecule has 0 spiro atoms. The molecule has 1 aromatic rings. The largest absolute Gasteiger partial charge is 0.394 e. The van der Waals surface area contributed by atoms with Crippen molar-refractivity contribution in [1.29, 1.82) is 0 Å². The number of aromatic nitrogens is 2. The molecule has 0 aromatic carbocycles. The van der Waals surface area contributed by atoms with E-state index < -0.39 is 29.7 Å². The summed E-state index contributed by atoms with van der Waals surface area (Å²) in [5.41, 5.74) is 4.30. The number of nitrogens with zero attached hydrogens (tertiary/aromatic N) is 1. The molecule has 1 aliphatic heterocycles. The highest BCUT2D eigenvalue weighted by Crippen LogP contribution is 2.27. The van der Waals surface area contributed by atoms with Gasteiger partial charge >= 0.3 is 5.69 Å². The van der Waals surface area contributed by atoms with Crippen molar-refractivity contribution >= 4 is 11.8 Å². The van der Waals surface area contributed by atoms with E-state index >= 15 is 0 Å². The molecular weight excluding hydrogens is 286 g/mol. The molecule has 1 aromatic heterocycles. The molecule has 0 radical (unpaired) electrons. The van der Waals surface area contributed by atoms with E-state index in [1.807, 2.05) is 0 Å². The fourth-order valence-corrected chi connectivity index (χ4v) is 2.71. The number of hydrogen-bond donors (Lipinski definition) is 4. The van der Waals surface area contributed by atoms with Gasteiger partial charge in [0, 0.05) is 24.9 Å². The predicted molar refractivity (Wildman–Crippen MR) is 72.7 cm³/mol. The van der Waals surface area contributed by atoms with Crippen LogP contribution in [0, 0.1) is 0 Å². The molecule has 112 valence electrons. The van der Waals surface area contributed by atoms with Gasteiger partial charge in [0.25, 0.3) is 5.56 Å². The molecule has 1 aliphatic rings. The van der Waals surface area contributed by atoms with Crippen molar-refractivity contribution in [3.8, 4) is 0 Å². The van der Waals surface area contributed by atoms with E-state index in [0.717, 1.165) is 0 Å². The monoisotopic (exact) mass is 303 g/mol. The molecule has 2 rings (SSSR count). The third kappa shape index (κ3) is 3.13. The quantitative estimate of drug-likeness (QED) is 0.473. The number of aliphatic hydroxyl groups is 2. The second kappa shape index (κ2) is 6.55. The van der Waals surface area contributed by atoms with Crippen LogP contribution in [-0.2, 0) is 4.74 Å². The maximum absolute atomic E-state index is 11.8. The molecule has 5 N–H and O–H groups in total. The third-order valence-electron chi connectivity index (χ3n) is 3.00. The summed E-state index contributed by atoms with van der Waals surface area (Å²) >= 11 is 1.24. The van der Waals surface area contributed by atoms with E-state index in [0.29, 0.717) is 17.2 Å². The third-order valence-corrected chi connectivity index (χ3v) is 4.05. The number of hydrogen-bond acceptors (Lipinski definition) is 7. The summed E-state index contributed by atoms with van der Waals surface area (Å²) in [7, 11) is 0. The normalized spacial score (nSPS) is 26.1. The van der Waals surface area contributed by atoms with E-state index in [4.69, 9.17) is 15.6 Å². The molecule has 0 unspecified atom stereocenters. The molecule has 1 saturated heterocycles. The fourth-order valence-electron chi connectivity index (χ4n) is 2.00. The van der Waals surface area contributed by atoms with Gasteiger partial charge in [-0.3, -0.25) is 14.3 Å². The van der Waals surface area contributed by atoms with Crippen molar-refractivity contribution in [2.75, 3.05) is 18.9 Å². The highest BCUT2D eigenvalue weighted by molar-refractivity contribution is 7.99. The zero-order valence-corrected chi connectivity index (χ0v) is 11.5. The van der Waals surface area contributed by atoms with Crippen molar-refractivity contribution in [3.63, 3.8) is 0 Å². The molecule has 0 aliphatic carbocycles. The summed E-state index contributed by atoms with van der Waals surface area (Å²) < 4.78 is 6.62. The Hall–Kier alpha value is -1.13. The van der Waals surface area contributed by atoms with Crippen molar-refractivity contribution in [2.45, 2.75) is 29.8 Å². The number of thioether (sulfide) groups is 1. The Morgan fingerprint density at radius 3 is 2.90 bits per heavy atom. The number of H-pyrrole nitrogens is 1. The average Bonchev–Trinajstić information content (AvgIpc) is 2.79. The molecule has 20 heavy (non-hydrogen) atoms. The van der Waals surface area contributed by atoms with Gasteiger partial charge in [0.05, 0.1) is 17.6 Å². The standard InChI is InChI=1S/C11H17N3O5S/c12-1-2-20-8-4-14(11(18)13-10(8)17)9-3-6(16)7(5-15)19-9/h4,6-7,9,15-16H,1-3,5,12H2,(H,13,17,18)/t6-,7+,9+/m0/s1. The molecule has 0 saturated carbocycles. The van der Waals surface area contributed by atoms with Gasteiger partial charge in [-0.15, -0.1) is 11.8 Å². The zero-order valence-electron chi connectivity index (χ0n) is 10.7. The topological polar surface area (TPSA) is 131 Å². The Morgan fingerprint density at radius 1 is 1.55 bits per heavy atom. The van der Waals surface area contributed by atoms with E-state index in [1.165, 1.54) is 22.5 Å². The van der Waals surface area contributed by atoms with Crippen LogP contribution in [-0.4, -0.2) is 50.9 Å². The lowest BCUT2D eigenvalue weighted by atomic mass is 10.2. The first kappa shape index (κ1) is 15.3. The smallest absolute Gasteiger partial charge is 0.330 e. The molecular formula is C11H17N3O5S. The Kier molecular flexibility index (Phi) is 5.00. The minimum Gasteiger partial charge on any atom is -0.394 e. The van der Waals surface area contributed by atoms with E-state index in [2.05, 4.69) is 4.98 Å². The Morgan fingerprint density at radius 2 is 2.30 bits per heavy atom. The van der Waals surface area contributed by atoms with Crippen molar-refractivity contribution < 1.29 is 14.9 Å². The first-order valence-electron chi connectivity index (χ1n) is 6.19. The highest BCUT2D eigenvalue weighted by Gasteiger charge is 2.35. The van der Waals surface area contributed by atoms with Crippen molar-refractivity contribution in [3.05, 3.63) is 27.0 Å². The summed E-state index contributed by atoms with van der Waals surface area (Å²) in [6, 6.07) is 0. The first-order valence-corrected chi connectivity index (χ1v) is 7.18. The number of nitrogens with two attached hydrogens (primary N) is 1. The van der Waals surface area contributed by atoms with Crippen LogP contribution in [0.1, 0.15) is 12.6 Å². The van der Waals surface area contributed by atoms with Crippen LogP contribution in [0.2, 0.25) is 0 Å².